The first-order valence-electron chi connectivity index (χ1n) is 11.2. The van der Waals surface area contributed by atoms with E-state index >= 15 is 0 Å². The molecule has 3 aromatic rings. The number of carbonyl (C=O) groups is 1. The highest BCUT2D eigenvalue weighted by Crippen LogP contribution is 2.62. The Labute approximate surface area is 211 Å². The van der Waals surface area contributed by atoms with E-state index in [9.17, 15) is 22.3 Å². The Morgan fingerprint density at radius 3 is 2.56 bits per heavy atom. The van der Waals surface area contributed by atoms with Crippen LogP contribution >= 0.6 is 10.6 Å². The molecule has 12 heteroatoms. The Hall–Kier alpha value is -2.74. The first-order chi connectivity index (χ1) is 16.9. The lowest BCUT2D eigenvalue weighted by molar-refractivity contribution is -0.130. The molecule has 194 valence electrons. The van der Waals surface area contributed by atoms with Crippen molar-refractivity contribution < 1.29 is 32.3 Å². The van der Waals surface area contributed by atoms with Crippen molar-refractivity contribution in [3.8, 4) is 5.75 Å². The van der Waals surface area contributed by atoms with Gasteiger partial charge < -0.3 is 4.74 Å². The third kappa shape index (κ3) is 5.19. The number of hydroxylamine groups is 1. The Bertz CT molecular complexity index is 1380. The maximum atomic E-state index is 12.3. The van der Waals surface area contributed by atoms with Crippen LogP contribution in [0.25, 0.3) is 10.9 Å². The van der Waals surface area contributed by atoms with Crippen molar-refractivity contribution in [1.82, 2.24) is 14.8 Å². The molecule has 2 heterocycles. The highest BCUT2D eigenvalue weighted by Gasteiger charge is 2.52. The number of ether oxygens (including phenoxy) is 1. The molecule has 4 N–H and O–H groups in total. The summed E-state index contributed by atoms with van der Waals surface area (Å²) in [7, 11) is -7.13. The molecule has 0 bridgehead atoms. The number of benzene rings is 2. The summed E-state index contributed by atoms with van der Waals surface area (Å²) >= 11 is 0. The SMILES string of the molecule is Cc1cc(COc2ccc(C3(CC(=O)NO)CN(S(C)(=O)=O)CCS3(O)O)cc2)c2ccccc2n1. The fraction of sp³-hybridized carbons (Fsp3) is 0.333. The van der Waals surface area contributed by atoms with E-state index < -0.39 is 37.7 Å². The maximum Gasteiger partial charge on any atom is 0.245 e. The zero-order chi connectivity index (χ0) is 26.1. The second-order valence-electron chi connectivity index (χ2n) is 8.93. The Morgan fingerprint density at radius 1 is 1.19 bits per heavy atom. The predicted molar refractivity (Wildman–Crippen MR) is 138 cm³/mol. The summed E-state index contributed by atoms with van der Waals surface area (Å²) < 4.78 is 52.1. The van der Waals surface area contributed by atoms with Crippen molar-refractivity contribution >= 4 is 37.4 Å². The first-order valence-corrected chi connectivity index (χ1v) is 14.7. The van der Waals surface area contributed by atoms with Gasteiger partial charge in [-0.25, -0.2) is 13.9 Å². The van der Waals surface area contributed by atoms with Gasteiger partial charge in [-0.3, -0.25) is 24.1 Å². The molecule has 1 aliphatic heterocycles. The number of aromatic nitrogens is 1. The minimum Gasteiger partial charge on any atom is -0.489 e. The summed E-state index contributed by atoms with van der Waals surface area (Å²) in [5.41, 5.74) is 4.58. The molecule has 0 saturated carbocycles. The molecule has 1 atom stereocenters. The number of carbonyl (C=O) groups excluding carboxylic acids is 1. The quantitative estimate of drug-likeness (QED) is 0.266. The maximum absolute atomic E-state index is 12.3. The monoisotopic (exact) mass is 535 g/mol. The summed E-state index contributed by atoms with van der Waals surface area (Å²) in [6.45, 7) is 1.79. The summed E-state index contributed by atoms with van der Waals surface area (Å²) in [5, 5.41) is 10.1. The number of sulfonamides is 1. The van der Waals surface area contributed by atoms with E-state index in [-0.39, 0.29) is 25.4 Å². The minimum atomic E-state index is -3.67. The van der Waals surface area contributed by atoms with E-state index in [1.54, 1.807) is 24.3 Å². The molecule has 1 amide bonds. The van der Waals surface area contributed by atoms with Gasteiger partial charge in [0.05, 0.1) is 23.9 Å². The van der Waals surface area contributed by atoms with Crippen LogP contribution in [0.4, 0.5) is 0 Å². The van der Waals surface area contributed by atoms with E-state index in [1.165, 1.54) is 5.48 Å². The lowest BCUT2D eigenvalue weighted by atomic mass is 9.93. The van der Waals surface area contributed by atoms with Crippen LogP contribution in [0.1, 0.15) is 23.2 Å². The van der Waals surface area contributed by atoms with E-state index in [4.69, 9.17) is 9.94 Å². The van der Waals surface area contributed by atoms with Crippen molar-refractivity contribution in [3.63, 3.8) is 0 Å². The van der Waals surface area contributed by atoms with Gasteiger partial charge in [-0.05, 0) is 36.8 Å². The molecule has 1 unspecified atom stereocenters. The van der Waals surface area contributed by atoms with Crippen LogP contribution in [-0.4, -0.2) is 63.0 Å². The lowest BCUT2D eigenvalue weighted by Gasteiger charge is -2.55. The van der Waals surface area contributed by atoms with Crippen molar-refractivity contribution in [2.24, 2.45) is 0 Å². The first kappa shape index (κ1) is 26.3. The minimum absolute atomic E-state index is 0.0792. The molecule has 36 heavy (non-hydrogen) atoms. The highest BCUT2D eigenvalue weighted by atomic mass is 32.3. The number of amides is 1. The van der Waals surface area contributed by atoms with Crippen LogP contribution in [0.2, 0.25) is 0 Å². The van der Waals surface area contributed by atoms with Gasteiger partial charge in [0.25, 0.3) is 0 Å². The summed E-state index contributed by atoms with van der Waals surface area (Å²) in [4.78, 5) is 16.7. The standard InChI is InChI=1S/C24H29N3O7S2/c1-17-13-18(21-5-3-4-6-22(21)25-17)15-34-20-9-7-19(8-10-20)24(14-23(28)26-29)16-27(35(2,30)31)11-12-36(24,32)33/h3-10,13,29,32-33H,11-12,14-16H2,1-2H3,(H,26,28). The van der Waals surface area contributed by atoms with Crippen molar-refractivity contribution in [2.75, 3.05) is 25.1 Å². The molecular weight excluding hydrogens is 506 g/mol. The molecular formula is C24H29N3O7S2. The van der Waals surface area contributed by atoms with Gasteiger partial charge in [0.15, 0.2) is 0 Å². The van der Waals surface area contributed by atoms with E-state index in [2.05, 4.69) is 4.98 Å². The Balaban J connectivity index is 1.64. The largest absolute Gasteiger partial charge is 0.489 e. The molecule has 1 fully saturated rings. The van der Waals surface area contributed by atoms with Crippen molar-refractivity contribution in [2.45, 2.75) is 24.7 Å². The molecule has 0 spiro atoms. The van der Waals surface area contributed by atoms with Gasteiger partial charge >= 0.3 is 0 Å². The number of aryl methyl sites for hydroxylation is 1. The number of pyridine rings is 1. The van der Waals surface area contributed by atoms with Crippen molar-refractivity contribution in [1.29, 1.82) is 0 Å². The van der Waals surface area contributed by atoms with Crippen LogP contribution in [-0.2, 0) is 26.2 Å². The smallest absolute Gasteiger partial charge is 0.245 e. The van der Waals surface area contributed by atoms with E-state index in [0.717, 1.165) is 32.7 Å². The van der Waals surface area contributed by atoms with Crippen molar-refractivity contribution in [3.05, 3.63) is 71.4 Å². The third-order valence-corrected chi connectivity index (χ3v) is 10.2. The van der Waals surface area contributed by atoms with Crippen LogP contribution in [0.3, 0.4) is 0 Å². The van der Waals surface area contributed by atoms with Crippen LogP contribution in [0.5, 0.6) is 5.75 Å². The Morgan fingerprint density at radius 2 is 1.89 bits per heavy atom. The number of fused-ring (bicyclic) bond motifs is 1. The van der Waals surface area contributed by atoms with Crippen LogP contribution in [0.15, 0.2) is 54.6 Å². The zero-order valence-corrected chi connectivity index (χ0v) is 21.6. The molecule has 4 rings (SSSR count). The molecule has 10 nitrogen and oxygen atoms in total. The molecule has 0 radical (unpaired) electrons. The third-order valence-electron chi connectivity index (χ3n) is 6.43. The fourth-order valence-corrected chi connectivity index (χ4v) is 7.74. The predicted octanol–water partition coefficient (Wildman–Crippen LogP) is 3.24. The normalized spacial score (nSPS) is 21.1. The van der Waals surface area contributed by atoms with Gasteiger partial charge in [0.2, 0.25) is 15.9 Å². The van der Waals surface area contributed by atoms with Gasteiger partial charge in [0.1, 0.15) is 17.1 Å². The lowest BCUT2D eigenvalue weighted by Crippen LogP contribution is -2.54. The molecule has 0 aliphatic carbocycles. The molecule has 1 saturated heterocycles. The average molecular weight is 536 g/mol. The summed E-state index contributed by atoms with van der Waals surface area (Å²) in [5.74, 6) is -0.581. The second-order valence-corrected chi connectivity index (χ2v) is 13.4. The number of hydrogen-bond acceptors (Lipinski definition) is 8. The van der Waals surface area contributed by atoms with Gasteiger partial charge in [-0.2, -0.15) is 14.9 Å². The fourth-order valence-electron chi connectivity index (χ4n) is 4.56. The summed E-state index contributed by atoms with van der Waals surface area (Å²) in [6.07, 6.45) is 0.517. The Kier molecular flexibility index (Phi) is 7.28. The zero-order valence-electron chi connectivity index (χ0n) is 19.9. The van der Waals surface area contributed by atoms with Gasteiger partial charge in [-0.1, -0.05) is 30.3 Å². The number of nitrogens with one attached hydrogen (secondary N) is 1. The summed E-state index contributed by atoms with van der Waals surface area (Å²) in [6, 6.07) is 16.2. The molecule has 1 aliphatic rings. The van der Waals surface area contributed by atoms with Crippen LogP contribution in [0, 0.1) is 6.92 Å². The van der Waals surface area contributed by atoms with Gasteiger partial charge in [-0.15, -0.1) is 0 Å². The van der Waals surface area contributed by atoms with E-state index in [0.29, 0.717) is 11.3 Å². The van der Waals surface area contributed by atoms with E-state index in [1.807, 2.05) is 37.3 Å². The molecule has 2 aromatic carbocycles. The highest BCUT2D eigenvalue weighted by molar-refractivity contribution is 8.25. The molecule has 1 aromatic heterocycles. The van der Waals surface area contributed by atoms with Crippen LogP contribution < -0.4 is 10.2 Å². The average Bonchev–Trinajstić information content (AvgIpc) is 2.83. The second kappa shape index (κ2) is 9.96. The number of nitrogens with zero attached hydrogens (tertiary/aromatic N) is 2. The topological polar surface area (TPSA) is 149 Å². The number of hydrogen-bond donors (Lipinski definition) is 4. The number of para-hydroxylation sites is 1. The van der Waals surface area contributed by atoms with Gasteiger partial charge in [0, 0.05) is 29.7 Å². The number of rotatable bonds is 7.